The van der Waals surface area contributed by atoms with E-state index in [1.807, 2.05) is 36.4 Å². The highest BCUT2D eigenvalue weighted by atomic mass is 16.6. The van der Waals surface area contributed by atoms with E-state index in [4.69, 9.17) is 9.47 Å². The SMILES string of the molecule is O=Cc1ccc2cc(OCC3CO3)ccc2c1. The van der Waals surface area contributed by atoms with Gasteiger partial charge in [0.25, 0.3) is 0 Å². The summed E-state index contributed by atoms with van der Waals surface area (Å²) >= 11 is 0. The van der Waals surface area contributed by atoms with Gasteiger partial charge in [-0.3, -0.25) is 4.79 Å². The molecule has 1 aliphatic heterocycles. The van der Waals surface area contributed by atoms with Crippen LogP contribution in [0.25, 0.3) is 10.8 Å². The maximum atomic E-state index is 10.7. The molecule has 1 aliphatic rings. The quantitative estimate of drug-likeness (QED) is 0.596. The summed E-state index contributed by atoms with van der Waals surface area (Å²) in [6.07, 6.45) is 1.12. The van der Waals surface area contributed by atoms with Crippen LogP contribution in [0.5, 0.6) is 5.75 Å². The van der Waals surface area contributed by atoms with Crippen molar-refractivity contribution < 1.29 is 14.3 Å². The smallest absolute Gasteiger partial charge is 0.150 e. The lowest BCUT2D eigenvalue weighted by atomic mass is 10.1. The topological polar surface area (TPSA) is 38.8 Å². The van der Waals surface area contributed by atoms with E-state index in [0.717, 1.165) is 29.4 Å². The first-order valence-corrected chi connectivity index (χ1v) is 5.58. The second-order valence-electron chi connectivity index (χ2n) is 4.15. The fourth-order valence-corrected chi connectivity index (χ4v) is 1.76. The molecular weight excluding hydrogens is 216 g/mol. The van der Waals surface area contributed by atoms with Crippen molar-refractivity contribution in [2.24, 2.45) is 0 Å². The molecule has 1 fully saturated rings. The maximum Gasteiger partial charge on any atom is 0.150 e. The molecule has 0 N–H and O–H groups in total. The maximum absolute atomic E-state index is 10.7. The van der Waals surface area contributed by atoms with E-state index in [9.17, 15) is 4.79 Å². The van der Waals surface area contributed by atoms with E-state index in [1.54, 1.807) is 0 Å². The third-order valence-corrected chi connectivity index (χ3v) is 2.81. The van der Waals surface area contributed by atoms with Gasteiger partial charge in [-0.1, -0.05) is 18.2 Å². The van der Waals surface area contributed by atoms with E-state index in [2.05, 4.69) is 0 Å². The van der Waals surface area contributed by atoms with Crippen LogP contribution in [-0.4, -0.2) is 25.6 Å². The number of carbonyl (C=O) groups is 1. The third kappa shape index (κ3) is 2.29. The van der Waals surface area contributed by atoms with E-state index in [-0.39, 0.29) is 6.10 Å². The zero-order valence-electron chi connectivity index (χ0n) is 9.26. The third-order valence-electron chi connectivity index (χ3n) is 2.81. The van der Waals surface area contributed by atoms with Gasteiger partial charge in [-0.05, 0) is 29.0 Å². The summed E-state index contributed by atoms with van der Waals surface area (Å²) in [4.78, 5) is 10.7. The molecule has 86 valence electrons. The molecule has 0 radical (unpaired) electrons. The van der Waals surface area contributed by atoms with Gasteiger partial charge in [-0.25, -0.2) is 0 Å². The molecule has 2 aromatic carbocycles. The van der Waals surface area contributed by atoms with Gasteiger partial charge in [0, 0.05) is 5.56 Å². The predicted octanol–water partition coefficient (Wildman–Crippen LogP) is 2.43. The van der Waals surface area contributed by atoms with E-state index in [0.29, 0.717) is 12.2 Å². The lowest BCUT2D eigenvalue weighted by Crippen LogP contribution is -2.03. The highest BCUT2D eigenvalue weighted by molar-refractivity contribution is 5.89. The first-order chi connectivity index (χ1) is 8.35. The molecule has 17 heavy (non-hydrogen) atoms. The molecule has 0 aliphatic carbocycles. The molecule has 1 saturated heterocycles. The van der Waals surface area contributed by atoms with E-state index < -0.39 is 0 Å². The number of aldehydes is 1. The molecule has 3 nitrogen and oxygen atoms in total. The number of benzene rings is 2. The highest BCUT2D eigenvalue weighted by Crippen LogP contribution is 2.22. The molecule has 3 rings (SSSR count). The minimum absolute atomic E-state index is 0.267. The Morgan fingerprint density at radius 1 is 1.24 bits per heavy atom. The van der Waals surface area contributed by atoms with Gasteiger partial charge in [0.1, 0.15) is 24.7 Å². The summed E-state index contributed by atoms with van der Waals surface area (Å²) < 4.78 is 10.7. The standard InChI is InChI=1S/C14H12O3/c15-7-10-1-2-12-6-13(4-3-11(12)5-10)16-8-14-9-17-14/h1-7,14H,8-9H2. The number of fused-ring (bicyclic) bond motifs is 1. The van der Waals surface area contributed by atoms with Crippen molar-refractivity contribution in [2.45, 2.75) is 6.10 Å². The molecule has 3 heteroatoms. The van der Waals surface area contributed by atoms with Gasteiger partial charge in [0.2, 0.25) is 0 Å². The van der Waals surface area contributed by atoms with Crippen molar-refractivity contribution in [3.05, 3.63) is 42.0 Å². The van der Waals surface area contributed by atoms with Crippen LogP contribution >= 0.6 is 0 Å². The fraction of sp³-hybridized carbons (Fsp3) is 0.214. The molecule has 1 heterocycles. The monoisotopic (exact) mass is 228 g/mol. The summed E-state index contributed by atoms with van der Waals surface area (Å²) in [7, 11) is 0. The summed E-state index contributed by atoms with van der Waals surface area (Å²) in [6, 6.07) is 11.5. The Morgan fingerprint density at radius 2 is 2.00 bits per heavy atom. The largest absolute Gasteiger partial charge is 0.491 e. The van der Waals surface area contributed by atoms with Crippen molar-refractivity contribution >= 4 is 17.1 Å². The average molecular weight is 228 g/mol. The van der Waals surface area contributed by atoms with Gasteiger partial charge in [-0.15, -0.1) is 0 Å². The second kappa shape index (κ2) is 4.18. The van der Waals surface area contributed by atoms with Crippen LogP contribution in [0.2, 0.25) is 0 Å². The summed E-state index contributed by atoms with van der Waals surface area (Å²) in [5.41, 5.74) is 0.692. The lowest BCUT2D eigenvalue weighted by Gasteiger charge is -2.05. The Kier molecular flexibility index (Phi) is 2.53. The van der Waals surface area contributed by atoms with Crippen LogP contribution in [-0.2, 0) is 4.74 Å². The normalized spacial score (nSPS) is 18.0. The Bertz CT molecular complexity index is 558. The van der Waals surface area contributed by atoms with Crippen molar-refractivity contribution in [3.8, 4) is 5.75 Å². The molecule has 2 aromatic rings. The first kappa shape index (κ1) is 10.3. The highest BCUT2D eigenvalue weighted by Gasteiger charge is 2.22. The molecule has 0 aromatic heterocycles. The van der Waals surface area contributed by atoms with Crippen molar-refractivity contribution in [1.82, 2.24) is 0 Å². The Balaban J connectivity index is 1.86. The minimum atomic E-state index is 0.267. The Hall–Kier alpha value is -1.87. The molecular formula is C14H12O3. The minimum Gasteiger partial charge on any atom is -0.491 e. The molecule has 0 spiro atoms. The lowest BCUT2D eigenvalue weighted by molar-refractivity contribution is 0.112. The number of rotatable bonds is 4. The van der Waals surface area contributed by atoms with Crippen molar-refractivity contribution in [2.75, 3.05) is 13.2 Å². The van der Waals surface area contributed by atoms with Crippen LogP contribution in [0.15, 0.2) is 36.4 Å². The number of epoxide rings is 1. The average Bonchev–Trinajstić information content (AvgIpc) is 3.19. The fourth-order valence-electron chi connectivity index (χ4n) is 1.76. The Labute approximate surface area is 99.0 Å². The van der Waals surface area contributed by atoms with Crippen LogP contribution in [0.1, 0.15) is 10.4 Å². The van der Waals surface area contributed by atoms with Gasteiger partial charge >= 0.3 is 0 Å². The number of ether oxygens (including phenoxy) is 2. The van der Waals surface area contributed by atoms with Gasteiger partial charge in [0.15, 0.2) is 0 Å². The predicted molar refractivity (Wildman–Crippen MR) is 64.6 cm³/mol. The van der Waals surface area contributed by atoms with E-state index in [1.165, 1.54) is 0 Å². The number of hydrogen-bond acceptors (Lipinski definition) is 3. The zero-order chi connectivity index (χ0) is 11.7. The molecule has 1 unspecified atom stereocenters. The van der Waals surface area contributed by atoms with Gasteiger partial charge in [-0.2, -0.15) is 0 Å². The molecule has 1 atom stereocenters. The van der Waals surface area contributed by atoms with Crippen LogP contribution in [0.3, 0.4) is 0 Å². The summed E-state index contributed by atoms with van der Waals surface area (Å²) in [5.74, 6) is 0.840. The van der Waals surface area contributed by atoms with E-state index >= 15 is 0 Å². The number of carbonyl (C=O) groups excluding carboxylic acids is 1. The first-order valence-electron chi connectivity index (χ1n) is 5.58. The van der Waals surface area contributed by atoms with Gasteiger partial charge in [0.05, 0.1) is 6.61 Å². The van der Waals surface area contributed by atoms with Crippen LogP contribution in [0, 0.1) is 0 Å². The van der Waals surface area contributed by atoms with Crippen LogP contribution < -0.4 is 4.74 Å². The number of hydrogen-bond donors (Lipinski definition) is 0. The van der Waals surface area contributed by atoms with Crippen molar-refractivity contribution in [1.29, 1.82) is 0 Å². The van der Waals surface area contributed by atoms with Gasteiger partial charge < -0.3 is 9.47 Å². The molecule has 0 saturated carbocycles. The molecule has 0 bridgehead atoms. The summed E-state index contributed by atoms with van der Waals surface area (Å²) in [5, 5.41) is 2.12. The Morgan fingerprint density at radius 3 is 2.76 bits per heavy atom. The second-order valence-corrected chi connectivity index (χ2v) is 4.15. The molecule has 0 amide bonds. The summed E-state index contributed by atoms with van der Waals surface area (Å²) in [6.45, 7) is 1.41. The van der Waals surface area contributed by atoms with Crippen molar-refractivity contribution in [3.63, 3.8) is 0 Å². The zero-order valence-corrected chi connectivity index (χ0v) is 9.26. The van der Waals surface area contributed by atoms with Crippen LogP contribution in [0.4, 0.5) is 0 Å².